The van der Waals surface area contributed by atoms with Gasteiger partial charge in [-0.3, -0.25) is 4.79 Å². The van der Waals surface area contributed by atoms with Gasteiger partial charge in [-0.15, -0.1) is 0 Å². The Balaban J connectivity index is 1.66. The number of hydrogen-bond acceptors (Lipinski definition) is 3. The van der Waals surface area contributed by atoms with Gasteiger partial charge >= 0.3 is 0 Å². The van der Waals surface area contributed by atoms with E-state index in [0.717, 1.165) is 51.9 Å². The number of carbonyl (C=O) groups is 1. The van der Waals surface area contributed by atoms with E-state index in [9.17, 15) is 4.79 Å². The van der Waals surface area contributed by atoms with Gasteiger partial charge in [0, 0.05) is 25.7 Å². The SMILES string of the molecule is CC(C)OCCN1CCC(NC(=O)C2(C(C)C)CC2)CC1. The lowest BCUT2D eigenvalue weighted by Crippen LogP contribution is -2.48. The first-order chi connectivity index (χ1) is 9.94. The van der Waals surface area contributed by atoms with E-state index in [0.29, 0.717) is 24.0 Å². The van der Waals surface area contributed by atoms with Crippen molar-refractivity contribution in [3.05, 3.63) is 0 Å². The van der Waals surface area contributed by atoms with E-state index >= 15 is 0 Å². The maximum absolute atomic E-state index is 12.4. The van der Waals surface area contributed by atoms with E-state index in [-0.39, 0.29) is 5.41 Å². The Labute approximate surface area is 129 Å². The Hall–Kier alpha value is -0.610. The van der Waals surface area contributed by atoms with E-state index in [1.165, 1.54) is 0 Å². The van der Waals surface area contributed by atoms with E-state index in [1.54, 1.807) is 0 Å². The lowest BCUT2D eigenvalue weighted by atomic mass is 9.90. The number of piperidine rings is 1. The van der Waals surface area contributed by atoms with Crippen LogP contribution in [0.15, 0.2) is 0 Å². The van der Waals surface area contributed by atoms with Crippen molar-refractivity contribution in [1.82, 2.24) is 10.2 Å². The second-order valence-corrected chi connectivity index (χ2v) is 7.32. The predicted molar refractivity (Wildman–Crippen MR) is 85.2 cm³/mol. The topological polar surface area (TPSA) is 41.6 Å². The lowest BCUT2D eigenvalue weighted by Gasteiger charge is -2.33. The summed E-state index contributed by atoms with van der Waals surface area (Å²) in [5.41, 5.74) is -0.0394. The third-order valence-corrected chi connectivity index (χ3v) is 5.13. The lowest BCUT2D eigenvalue weighted by molar-refractivity contribution is -0.129. The molecule has 0 radical (unpaired) electrons. The molecular weight excluding hydrogens is 264 g/mol. The van der Waals surface area contributed by atoms with Crippen LogP contribution in [0.5, 0.6) is 0 Å². The molecule has 1 heterocycles. The number of amides is 1. The molecule has 1 aliphatic carbocycles. The maximum Gasteiger partial charge on any atom is 0.226 e. The van der Waals surface area contributed by atoms with Crippen LogP contribution in [-0.4, -0.2) is 49.2 Å². The zero-order valence-electron chi connectivity index (χ0n) is 14.2. The van der Waals surface area contributed by atoms with Crippen LogP contribution in [-0.2, 0) is 9.53 Å². The molecule has 21 heavy (non-hydrogen) atoms. The van der Waals surface area contributed by atoms with E-state index in [2.05, 4.69) is 37.9 Å². The van der Waals surface area contributed by atoms with Crippen LogP contribution in [0.3, 0.4) is 0 Å². The van der Waals surface area contributed by atoms with Crippen molar-refractivity contribution >= 4 is 5.91 Å². The van der Waals surface area contributed by atoms with Crippen molar-refractivity contribution in [1.29, 1.82) is 0 Å². The highest BCUT2D eigenvalue weighted by Crippen LogP contribution is 2.52. The quantitative estimate of drug-likeness (QED) is 0.784. The molecule has 1 amide bonds. The van der Waals surface area contributed by atoms with Gasteiger partial charge in [0.05, 0.1) is 18.1 Å². The van der Waals surface area contributed by atoms with Gasteiger partial charge < -0.3 is 15.0 Å². The van der Waals surface area contributed by atoms with Crippen LogP contribution in [0.25, 0.3) is 0 Å². The summed E-state index contributed by atoms with van der Waals surface area (Å²) >= 11 is 0. The van der Waals surface area contributed by atoms with Gasteiger partial charge in [0.2, 0.25) is 5.91 Å². The number of likely N-dealkylation sites (tertiary alicyclic amines) is 1. The van der Waals surface area contributed by atoms with Gasteiger partial charge in [0.25, 0.3) is 0 Å². The molecule has 1 saturated carbocycles. The molecule has 1 aliphatic heterocycles. The smallest absolute Gasteiger partial charge is 0.226 e. The molecule has 1 N–H and O–H groups in total. The summed E-state index contributed by atoms with van der Waals surface area (Å²) in [5.74, 6) is 0.768. The van der Waals surface area contributed by atoms with Crippen molar-refractivity contribution in [3.8, 4) is 0 Å². The van der Waals surface area contributed by atoms with Crippen LogP contribution >= 0.6 is 0 Å². The summed E-state index contributed by atoms with van der Waals surface area (Å²) in [4.78, 5) is 14.9. The Morgan fingerprint density at radius 3 is 2.33 bits per heavy atom. The van der Waals surface area contributed by atoms with Crippen LogP contribution < -0.4 is 5.32 Å². The van der Waals surface area contributed by atoms with Crippen LogP contribution in [0.1, 0.15) is 53.4 Å². The predicted octanol–water partition coefficient (Wildman–Crippen LogP) is 2.43. The molecule has 0 aromatic rings. The van der Waals surface area contributed by atoms with Crippen LogP contribution in [0.4, 0.5) is 0 Å². The maximum atomic E-state index is 12.4. The summed E-state index contributed by atoms with van der Waals surface area (Å²) in [6.45, 7) is 12.4. The monoisotopic (exact) mass is 296 g/mol. The molecule has 122 valence electrons. The van der Waals surface area contributed by atoms with E-state index in [1.807, 2.05) is 0 Å². The second kappa shape index (κ2) is 7.10. The summed E-state index contributed by atoms with van der Waals surface area (Å²) < 4.78 is 5.60. The molecule has 4 nitrogen and oxygen atoms in total. The van der Waals surface area contributed by atoms with Crippen molar-refractivity contribution < 1.29 is 9.53 Å². The summed E-state index contributed by atoms with van der Waals surface area (Å²) in [6.07, 6.45) is 4.60. The molecule has 2 rings (SSSR count). The average molecular weight is 296 g/mol. The normalized spacial score (nSPS) is 22.8. The third kappa shape index (κ3) is 4.43. The van der Waals surface area contributed by atoms with Gasteiger partial charge in [-0.05, 0) is 45.4 Å². The molecule has 0 spiro atoms. The fourth-order valence-electron chi connectivity index (χ4n) is 3.25. The number of ether oxygens (including phenoxy) is 1. The van der Waals surface area contributed by atoms with Crippen molar-refractivity contribution in [3.63, 3.8) is 0 Å². The van der Waals surface area contributed by atoms with Crippen molar-refractivity contribution in [2.45, 2.75) is 65.5 Å². The highest BCUT2D eigenvalue weighted by atomic mass is 16.5. The summed E-state index contributed by atoms with van der Waals surface area (Å²) in [7, 11) is 0. The Kier molecular flexibility index (Phi) is 5.67. The number of nitrogens with one attached hydrogen (secondary N) is 1. The minimum atomic E-state index is -0.0394. The molecule has 0 aromatic carbocycles. The first-order valence-electron chi connectivity index (χ1n) is 8.59. The third-order valence-electron chi connectivity index (χ3n) is 5.13. The number of rotatable bonds is 7. The first kappa shape index (κ1) is 16.8. The molecule has 0 unspecified atom stereocenters. The average Bonchev–Trinajstić information content (AvgIpc) is 3.22. The Morgan fingerprint density at radius 1 is 1.24 bits per heavy atom. The summed E-state index contributed by atoms with van der Waals surface area (Å²) in [6, 6.07) is 0.371. The molecule has 2 aliphatic rings. The van der Waals surface area contributed by atoms with Crippen molar-refractivity contribution in [2.75, 3.05) is 26.2 Å². The molecule has 0 atom stereocenters. The fraction of sp³-hybridized carbons (Fsp3) is 0.941. The molecule has 1 saturated heterocycles. The van der Waals surface area contributed by atoms with Crippen LogP contribution in [0.2, 0.25) is 0 Å². The number of hydrogen-bond donors (Lipinski definition) is 1. The van der Waals surface area contributed by atoms with E-state index < -0.39 is 0 Å². The zero-order valence-corrected chi connectivity index (χ0v) is 14.2. The Morgan fingerprint density at radius 2 is 1.86 bits per heavy atom. The molecular formula is C17H32N2O2. The van der Waals surface area contributed by atoms with Gasteiger partial charge in [0.1, 0.15) is 0 Å². The van der Waals surface area contributed by atoms with Gasteiger partial charge in [-0.25, -0.2) is 0 Å². The molecule has 0 bridgehead atoms. The fourth-order valence-corrected chi connectivity index (χ4v) is 3.25. The minimum Gasteiger partial charge on any atom is -0.377 e. The van der Waals surface area contributed by atoms with Crippen LogP contribution in [0, 0.1) is 11.3 Å². The van der Waals surface area contributed by atoms with Gasteiger partial charge in [-0.1, -0.05) is 13.8 Å². The molecule has 0 aromatic heterocycles. The standard InChI is InChI=1S/C17H32N2O2/c1-13(2)17(7-8-17)16(20)18-15-5-9-19(10-6-15)11-12-21-14(3)4/h13-15H,5-12H2,1-4H3,(H,18,20). The highest BCUT2D eigenvalue weighted by molar-refractivity contribution is 5.85. The van der Waals surface area contributed by atoms with Gasteiger partial charge in [0.15, 0.2) is 0 Å². The second-order valence-electron chi connectivity index (χ2n) is 7.32. The first-order valence-corrected chi connectivity index (χ1v) is 8.59. The summed E-state index contributed by atoms with van der Waals surface area (Å²) in [5, 5.41) is 3.30. The zero-order chi connectivity index (χ0) is 15.5. The number of nitrogens with zero attached hydrogens (tertiary/aromatic N) is 1. The Bertz CT molecular complexity index is 343. The largest absolute Gasteiger partial charge is 0.377 e. The number of carbonyl (C=O) groups excluding carboxylic acids is 1. The highest BCUT2D eigenvalue weighted by Gasteiger charge is 2.52. The van der Waals surface area contributed by atoms with Crippen molar-refractivity contribution in [2.24, 2.45) is 11.3 Å². The molecule has 2 fully saturated rings. The van der Waals surface area contributed by atoms with E-state index in [4.69, 9.17) is 4.74 Å². The minimum absolute atomic E-state index is 0.0394. The molecule has 4 heteroatoms. The van der Waals surface area contributed by atoms with Gasteiger partial charge in [-0.2, -0.15) is 0 Å².